The summed E-state index contributed by atoms with van der Waals surface area (Å²) in [4.78, 5) is 15.5. The van der Waals surface area contributed by atoms with Crippen molar-refractivity contribution < 1.29 is 4.74 Å². The van der Waals surface area contributed by atoms with Crippen LogP contribution in [0, 0.1) is 6.92 Å². The van der Waals surface area contributed by atoms with Gasteiger partial charge in [-0.3, -0.25) is 9.55 Å². The minimum absolute atomic E-state index is 0.110. The quantitative estimate of drug-likeness (QED) is 0.864. The third-order valence-corrected chi connectivity index (χ3v) is 4.09. The number of imidazole rings is 1. The Morgan fingerprint density at radius 2 is 2.14 bits per heavy atom. The molecule has 1 fully saturated rings. The van der Waals surface area contributed by atoms with Crippen LogP contribution in [0.15, 0.2) is 24.8 Å². The first-order chi connectivity index (χ1) is 10.1. The third kappa shape index (κ3) is 2.76. The van der Waals surface area contributed by atoms with Crippen molar-refractivity contribution in [2.24, 2.45) is 0 Å². The van der Waals surface area contributed by atoms with E-state index in [-0.39, 0.29) is 5.60 Å². The zero-order chi connectivity index (χ0) is 14.9. The van der Waals surface area contributed by atoms with E-state index in [0.29, 0.717) is 0 Å². The predicted molar refractivity (Wildman–Crippen MR) is 80.8 cm³/mol. The lowest BCUT2D eigenvalue weighted by atomic mass is 10.0. The highest BCUT2D eigenvalue weighted by Gasteiger charge is 2.31. The number of morpholine rings is 1. The predicted octanol–water partition coefficient (Wildman–Crippen LogP) is 1.98. The van der Waals surface area contributed by atoms with E-state index in [9.17, 15) is 0 Å². The van der Waals surface area contributed by atoms with Crippen LogP contribution in [0.4, 0.5) is 5.82 Å². The van der Waals surface area contributed by atoms with Crippen molar-refractivity contribution in [3.05, 3.63) is 30.6 Å². The topological polar surface area (TPSA) is 56.1 Å². The molecule has 1 atom stereocenters. The van der Waals surface area contributed by atoms with Crippen LogP contribution in [0.3, 0.4) is 0 Å². The first kappa shape index (κ1) is 14.0. The molecule has 0 aromatic carbocycles. The van der Waals surface area contributed by atoms with Gasteiger partial charge in [0.05, 0.1) is 24.6 Å². The summed E-state index contributed by atoms with van der Waals surface area (Å²) < 4.78 is 7.82. The summed E-state index contributed by atoms with van der Waals surface area (Å²) in [6.45, 7) is 8.66. The molecule has 6 heteroatoms. The second-order valence-electron chi connectivity index (χ2n) is 5.65. The summed E-state index contributed by atoms with van der Waals surface area (Å²) in [6.07, 6.45) is 8.23. The zero-order valence-corrected chi connectivity index (χ0v) is 12.8. The fraction of sp³-hybridized carbons (Fsp3) is 0.533. The Bertz CT molecular complexity index is 626. The molecule has 0 bridgehead atoms. The molecule has 112 valence electrons. The summed E-state index contributed by atoms with van der Waals surface area (Å²) >= 11 is 0. The summed E-state index contributed by atoms with van der Waals surface area (Å²) in [5, 5.41) is 0. The standard InChI is InChI=1S/C15H21N5O/c1-4-15(3)11-19(7-8-21-15)13-9-16-10-14(18-13)20-6-5-17-12(20)2/h5-6,9-10H,4,7-8,11H2,1-3H3. The van der Waals surface area contributed by atoms with Crippen LogP contribution in [-0.4, -0.2) is 44.8 Å². The molecule has 1 aliphatic heterocycles. The van der Waals surface area contributed by atoms with Gasteiger partial charge in [-0.1, -0.05) is 6.92 Å². The van der Waals surface area contributed by atoms with E-state index in [1.807, 2.05) is 23.9 Å². The molecular weight excluding hydrogens is 266 g/mol. The number of anilines is 1. The van der Waals surface area contributed by atoms with Crippen LogP contribution in [0.2, 0.25) is 0 Å². The summed E-state index contributed by atoms with van der Waals surface area (Å²) in [6, 6.07) is 0. The Hall–Kier alpha value is -1.95. The van der Waals surface area contributed by atoms with Gasteiger partial charge in [-0.05, 0) is 20.3 Å². The monoisotopic (exact) mass is 287 g/mol. The summed E-state index contributed by atoms with van der Waals surface area (Å²) in [7, 11) is 0. The van der Waals surface area contributed by atoms with Crippen molar-refractivity contribution in [3.63, 3.8) is 0 Å². The van der Waals surface area contributed by atoms with Crippen LogP contribution < -0.4 is 4.90 Å². The molecule has 3 heterocycles. The molecule has 2 aromatic rings. The fourth-order valence-corrected chi connectivity index (χ4v) is 2.57. The molecule has 21 heavy (non-hydrogen) atoms. The van der Waals surface area contributed by atoms with Crippen molar-refractivity contribution >= 4 is 5.82 Å². The minimum Gasteiger partial charge on any atom is -0.372 e. The molecule has 0 radical (unpaired) electrons. The normalized spacial score (nSPS) is 22.5. The molecule has 1 unspecified atom stereocenters. The van der Waals surface area contributed by atoms with Crippen LogP contribution in [0.25, 0.3) is 5.82 Å². The van der Waals surface area contributed by atoms with Crippen molar-refractivity contribution in [1.29, 1.82) is 0 Å². The Morgan fingerprint density at radius 3 is 2.86 bits per heavy atom. The average molecular weight is 287 g/mol. The molecule has 2 aromatic heterocycles. The van der Waals surface area contributed by atoms with Crippen molar-refractivity contribution in [2.75, 3.05) is 24.6 Å². The first-order valence-electron chi connectivity index (χ1n) is 7.32. The lowest BCUT2D eigenvalue weighted by Crippen LogP contribution is -2.50. The molecule has 0 N–H and O–H groups in total. The average Bonchev–Trinajstić information content (AvgIpc) is 2.94. The molecule has 0 aliphatic carbocycles. The molecule has 0 saturated carbocycles. The van der Waals surface area contributed by atoms with Crippen LogP contribution in [-0.2, 0) is 4.74 Å². The number of aromatic nitrogens is 4. The molecule has 0 amide bonds. The van der Waals surface area contributed by atoms with Gasteiger partial charge in [-0.2, -0.15) is 0 Å². The van der Waals surface area contributed by atoms with Gasteiger partial charge in [0.15, 0.2) is 5.82 Å². The Morgan fingerprint density at radius 1 is 1.33 bits per heavy atom. The highest BCUT2D eigenvalue weighted by Crippen LogP contribution is 2.24. The van der Waals surface area contributed by atoms with E-state index in [4.69, 9.17) is 9.72 Å². The summed E-state index contributed by atoms with van der Waals surface area (Å²) in [5.74, 6) is 2.59. The van der Waals surface area contributed by atoms with Crippen molar-refractivity contribution in [3.8, 4) is 5.82 Å². The van der Waals surface area contributed by atoms with Gasteiger partial charge in [0, 0.05) is 25.5 Å². The van der Waals surface area contributed by atoms with Crippen molar-refractivity contribution in [2.45, 2.75) is 32.8 Å². The molecule has 0 spiro atoms. The number of hydrogen-bond acceptors (Lipinski definition) is 5. The lowest BCUT2D eigenvalue weighted by Gasteiger charge is -2.40. The van der Waals surface area contributed by atoms with E-state index in [0.717, 1.165) is 43.6 Å². The van der Waals surface area contributed by atoms with Gasteiger partial charge >= 0.3 is 0 Å². The number of aryl methyl sites for hydroxylation is 1. The number of nitrogens with zero attached hydrogens (tertiary/aromatic N) is 5. The highest BCUT2D eigenvalue weighted by atomic mass is 16.5. The molecular formula is C15H21N5O. The number of ether oxygens (including phenoxy) is 1. The maximum absolute atomic E-state index is 5.88. The van der Waals surface area contributed by atoms with E-state index < -0.39 is 0 Å². The van der Waals surface area contributed by atoms with E-state index in [2.05, 4.69) is 28.7 Å². The Labute approximate surface area is 124 Å². The molecule has 1 saturated heterocycles. The maximum Gasteiger partial charge on any atom is 0.159 e. The van der Waals surface area contributed by atoms with Gasteiger partial charge in [0.25, 0.3) is 0 Å². The summed E-state index contributed by atoms with van der Waals surface area (Å²) in [5.41, 5.74) is -0.110. The van der Waals surface area contributed by atoms with E-state index >= 15 is 0 Å². The van der Waals surface area contributed by atoms with Gasteiger partial charge in [-0.15, -0.1) is 0 Å². The largest absolute Gasteiger partial charge is 0.372 e. The third-order valence-electron chi connectivity index (χ3n) is 4.09. The van der Waals surface area contributed by atoms with Crippen LogP contribution in [0.1, 0.15) is 26.1 Å². The van der Waals surface area contributed by atoms with Crippen molar-refractivity contribution in [1.82, 2.24) is 19.5 Å². The number of hydrogen-bond donors (Lipinski definition) is 0. The Balaban J connectivity index is 1.88. The van der Waals surface area contributed by atoms with Crippen LogP contribution >= 0.6 is 0 Å². The second kappa shape index (κ2) is 5.44. The fourth-order valence-electron chi connectivity index (χ4n) is 2.57. The van der Waals surface area contributed by atoms with E-state index in [1.54, 1.807) is 12.4 Å². The van der Waals surface area contributed by atoms with Gasteiger partial charge < -0.3 is 9.64 Å². The Kier molecular flexibility index (Phi) is 3.63. The smallest absolute Gasteiger partial charge is 0.159 e. The minimum atomic E-state index is -0.110. The molecule has 3 rings (SSSR count). The number of rotatable bonds is 3. The SMILES string of the molecule is CCC1(C)CN(c2cncc(-n3ccnc3C)n2)CCO1. The lowest BCUT2D eigenvalue weighted by molar-refractivity contribution is -0.0443. The van der Waals surface area contributed by atoms with Gasteiger partial charge in [-0.25, -0.2) is 9.97 Å². The highest BCUT2D eigenvalue weighted by molar-refractivity contribution is 5.41. The zero-order valence-electron chi connectivity index (χ0n) is 12.8. The molecule has 6 nitrogen and oxygen atoms in total. The maximum atomic E-state index is 5.88. The van der Waals surface area contributed by atoms with E-state index in [1.165, 1.54) is 0 Å². The second-order valence-corrected chi connectivity index (χ2v) is 5.65. The van der Waals surface area contributed by atoms with Gasteiger partial charge in [0.1, 0.15) is 11.6 Å². The molecule has 1 aliphatic rings. The first-order valence-corrected chi connectivity index (χ1v) is 7.32. The van der Waals surface area contributed by atoms with Gasteiger partial charge in [0.2, 0.25) is 0 Å². The van der Waals surface area contributed by atoms with Crippen LogP contribution in [0.5, 0.6) is 0 Å².